The lowest BCUT2D eigenvalue weighted by Crippen LogP contribution is -2.09. The Morgan fingerprint density at radius 2 is 1.31 bits per heavy atom. The van der Waals surface area contributed by atoms with Crippen molar-refractivity contribution in [3.63, 3.8) is 0 Å². The molecule has 0 aliphatic carbocycles. The molecular formula is C26H30O6. The van der Waals surface area contributed by atoms with E-state index >= 15 is 0 Å². The molecule has 0 aliphatic heterocycles. The minimum absolute atomic E-state index is 0.0456. The van der Waals surface area contributed by atoms with Crippen LogP contribution in [0.3, 0.4) is 0 Å². The molecule has 3 aromatic rings. The molecule has 0 aromatic heterocycles. The fourth-order valence-corrected chi connectivity index (χ4v) is 3.68. The minimum Gasteiger partial charge on any atom is -0.467 e. The van der Waals surface area contributed by atoms with Crippen LogP contribution < -0.4 is 9.47 Å². The first kappa shape index (κ1) is 23.8. The quantitative estimate of drug-likeness (QED) is 0.415. The number of aliphatic hydroxyl groups excluding tert-OH is 1. The minimum atomic E-state index is -0.0456. The van der Waals surface area contributed by atoms with Crippen LogP contribution in [0.1, 0.15) is 11.1 Å². The van der Waals surface area contributed by atoms with Gasteiger partial charge in [0.15, 0.2) is 13.6 Å². The third-order valence-electron chi connectivity index (χ3n) is 5.04. The molecule has 0 saturated heterocycles. The van der Waals surface area contributed by atoms with Crippen LogP contribution in [0, 0.1) is 0 Å². The number of hydrogen-bond donors (Lipinski definition) is 1. The third kappa shape index (κ3) is 5.66. The lowest BCUT2D eigenvalue weighted by Gasteiger charge is -2.23. The summed E-state index contributed by atoms with van der Waals surface area (Å²) in [6.07, 6.45) is 0.632. The maximum Gasteiger partial charge on any atom is 0.188 e. The largest absolute Gasteiger partial charge is 0.467 e. The fraction of sp³-hybridized carbons (Fsp3) is 0.308. The van der Waals surface area contributed by atoms with Crippen molar-refractivity contribution < 1.29 is 28.8 Å². The van der Waals surface area contributed by atoms with Gasteiger partial charge in [-0.2, -0.15) is 0 Å². The standard InChI is InChI=1S/C26H30O6/c1-28-13-12-22-25(20-9-5-4-6-10-20)23(31-17-29-2)15-24(32-18-30-3)26(22)21-11-7-8-19(14-21)16-27/h4-11,14-15,27H,12-13,16-18H2,1-3H3. The Morgan fingerprint density at radius 3 is 1.91 bits per heavy atom. The lowest BCUT2D eigenvalue weighted by atomic mass is 9.88. The highest BCUT2D eigenvalue weighted by atomic mass is 16.7. The van der Waals surface area contributed by atoms with Gasteiger partial charge in [0, 0.05) is 38.5 Å². The molecule has 0 amide bonds. The van der Waals surface area contributed by atoms with Crippen LogP contribution >= 0.6 is 0 Å². The second kappa shape index (κ2) is 12.2. The highest BCUT2D eigenvalue weighted by molar-refractivity contribution is 5.87. The zero-order chi connectivity index (χ0) is 22.8. The zero-order valence-electron chi connectivity index (χ0n) is 18.8. The normalized spacial score (nSPS) is 10.9. The van der Waals surface area contributed by atoms with Gasteiger partial charge in [0.25, 0.3) is 0 Å². The van der Waals surface area contributed by atoms with Crippen LogP contribution in [0.5, 0.6) is 11.5 Å². The van der Waals surface area contributed by atoms with Gasteiger partial charge < -0.3 is 28.8 Å². The summed E-state index contributed by atoms with van der Waals surface area (Å²) in [5.41, 5.74) is 5.66. The molecule has 0 heterocycles. The number of aliphatic hydroxyl groups is 1. The summed E-state index contributed by atoms with van der Waals surface area (Å²) in [5.74, 6) is 1.27. The highest BCUT2D eigenvalue weighted by Crippen LogP contribution is 2.45. The maximum atomic E-state index is 9.70. The number of benzene rings is 3. The van der Waals surface area contributed by atoms with E-state index in [4.69, 9.17) is 23.7 Å². The van der Waals surface area contributed by atoms with Crippen LogP contribution in [-0.4, -0.2) is 46.6 Å². The van der Waals surface area contributed by atoms with Gasteiger partial charge >= 0.3 is 0 Å². The number of methoxy groups -OCH3 is 3. The molecule has 6 nitrogen and oxygen atoms in total. The average molecular weight is 439 g/mol. The first-order valence-electron chi connectivity index (χ1n) is 10.4. The van der Waals surface area contributed by atoms with Crippen LogP contribution in [0.15, 0.2) is 60.7 Å². The maximum absolute atomic E-state index is 9.70. The van der Waals surface area contributed by atoms with E-state index in [1.807, 2.05) is 48.5 Å². The molecule has 1 N–H and O–H groups in total. The number of hydrogen-bond acceptors (Lipinski definition) is 6. The van der Waals surface area contributed by atoms with Gasteiger partial charge in [-0.3, -0.25) is 0 Å². The van der Waals surface area contributed by atoms with E-state index in [0.29, 0.717) is 24.5 Å². The van der Waals surface area contributed by atoms with Gasteiger partial charge in [0.2, 0.25) is 0 Å². The molecule has 0 fully saturated rings. The van der Waals surface area contributed by atoms with Crippen molar-refractivity contribution in [2.24, 2.45) is 0 Å². The fourth-order valence-electron chi connectivity index (χ4n) is 3.68. The molecule has 0 spiro atoms. The second-order valence-electron chi connectivity index (χ2n) is 7.17. The molecule has 6 heteroatoms. The van der Waals surface area contributed by atoms with E-state index in [0.717, 1.165) is 33.4 Å². The lowest BCUT2D eigenvalue weighted by molar-refractivity contribution is 0.0464. The van der Waals surface area contributed by atoms with Crippen molar-refractivity contribution in [3.8, 4) is 33.8 Å². The molecule has 170 valence electrons. The average Bonchev–Trinajstić information content (AvgIpc) is 2.84. The van der Waals surface area contributed by atoms with Crippen LogP contribution in [0.25, 0.3) is 22.3 Å². The molecule has 0 aliphatic rings. The van der Waals surface area contributed by atoms with Crippen molar-refractivity contribution in [3.05, 3.63) is 71.8 Å². The Kier molecular flexibility index (Phi) is 9.07. The zero-order valence-corrected chi connectivity index (χ0v) is 18.8. The second-order valence-corrected chi connectivity index (χ2v) is 7.17. The van der Waals surface area contributed by atoms with Crippen molar-refractivity contribution in [2.45, 2.75) is 13.0 Å². The summed E-state index contributed by atoms with van der Waals surface area (Å²) in [5, 5.41) is 9.70. The molecule has 0 saturated carbocycles. The Balaban J connectivity index is 2.34. The molecule has 3 aromatic carbocycles. The monoisotopic (exact) mass is 438 g/mol. The SMILES string of the molecule is COCCc1c(-c2ccccc2)c(OCOC)cc(OCOC)c1-c1cccc(CO)c1. The van der Waals surface area contributed by atoms with Gasteiger partial charge in [-0.05, 0) is 34.7 Å². The molecule has 0 radical (unpaired) electrons. The number of ether oxygens (including phenoxy) is 5. The van der Waals surface area contributed by atoms with Gasteiger partial charge in [0.05, 0.1) is 13.2 Å². The molecule has 0 atom stereocenters. The van der Waals surface area contributed by atoms with Gasteiger partial charge in [-0.15, -0.1) is 0 Å². The topological polar surface area (TPSA) is 66.4 Å². The Morgan fingerprint density at radius 1 is 0.688 bits per heavy atom. The molecule has 0 unspecified atom stereocenters. The summed E-state index contributed by atoms with van der Waals surface area (Å²) in [6.45, 7) is 0.664. The summed E-state index contributed by atoms with van der Waals surface area (Å²) in [6, 6.07) is 19.7. The smallest absolute Gasteiger partial charge is 0.188 e. The van der Waals surface area contributed by atoms with Gasteiger partial charge in [-0.25, -0.2) is 0 Å². The predicted octanol–water partition coefficient (Wildman–Crippen LogP) is 4.67. The summed E-state index contributed by atoms with van der Waals surface area (Å²) in [4.78, 5) is 0. The van der Waals surface area contributed by atoms with E-state index in [9.17, 15) is 5.11 Å². The van der Waals surface area contributed by atoms with Crippen molar-refractivity contribution in [1.29, 1.82) is 0 Å². The third-order valence-corrected chi connectivity index (χ3v) is 5.04. The van der Waals surface area contributed by atoms with Crippen LogP contribution in [0.2, 0.25) is 0 Å². The first-order valence-corrected chi connectivity index (χ1v) is 10.4. The summed E-state index contributed by atoms with van der Waals surface area (Å²) in [7, 11) is 4.85. The Hall–Kier alpha value is -2.90. The molecule has 32 heavy (non-hydrogen) atoms. The van der Waals surface area contributed by atoms with Crippen LogP contribution in [0.4, 0.5) is 0 Å². The van der Waals surface area contributed by atoms with Crippen molar-refractivity contribution >= 4 is 0 Å². The van der Waals surface area contributed by atoms with E-state index in [1.165, 1.54) is 0 Å². The Labute approximate surface area is 189 Å². The Bertz CT molecular complexity index is 987. The summed E-state index contributed by atoms with van der Waals surface area (Å²) < 4.78 is 27.8. The van der Waals surface area contributed by atoms with Gasteiger partial charge in [0.1, 0.15) is 11.5 Å². The van der Waals surface area contributed by atoms with E-state index < -0.39 is 0 Å². The first-order chi connectivity index (χ1) is 15.7. The molecule has 3 rings (SSSR count). The van der Waals surface area contributed by atoms with E-state index in [-0.39, 0.29) is 20.2 Å². The number of rotatable bonds is 12. The van der Waals surface area contributed by atoms with Gasteiger partial charge in [-0.1, -0.05) is 48.5 Å². The highest BCUT2D eigenvalue weighted by Gasteiger charge is 2.23. The summed E-state index contributed by atoms with van der Waals surface area (Å²) >= 11 is 0. The van der Waals surface area contributed by atoms with E-state index in [2.05, 4.69) is 12.1 Å². The van der Waals surface area contributed by atoms with Crippen molar-refractivity contribution in [1.82, 2.24) is 0 Å². The molecular weight excluding hydrogens is 408 g/mol. The predicted molar refractivity (Wildman–Crippen MR) is 124 cm³/mol. The van der Waals surface area contributed by atoms with Crippen molar-refractivity contribution in [2.75, 3.05) is 41.5 Å². The molecule has 0 bridgehead atoms. The van der Waals surface area contributed by atoms with E-state index in [1.54, 1.807) is 21.3 Å². The van der Waals surface area contributed by atoms with Crippen LogP contribution in [-0.2, 0) is 27.2 Å².